The van der Waals surface area contributed by atoms with Gasteiger partial charge >= 0.3 is 5.97 Å². The third-order valence-corrected chi connectivity index (χ3v) is 1.38. The molecule has 0 spiro atoms. The van der Waals surface area contributed by atoms with Gasteiger partial charge in [0.05, 0.1) is 7.11 Å². The Balaban J connectivity index is 3.20. The largest absolute Gasteiger partial charge is 0.469 e. The summed E-state index contributed by atoms with van der Waals surface area (Å²) >= 11 is 0. The van der Waals surface area contributed by atoms with Crippen LogP contribution in [0.5, 0.6) is 0 Å². The molecular weight excluding hydrogens is 156 g/mol. The summed E-state index contributed by atoms with van der Waals surface area (Å²) in [5.41, 5.74) is 0. The van der Waals surface area contributed by atoms with Crippen molar-refractivity contribution >= 4 is 12.3 Å². The predicted octanol–water partition coefficient (Wildman–Crippen LogP) is 1.47. The fraction of sp³-hybridized carbons (Fsp3) is 0.556. The summed E-state index contributed by atoms with van der Waals surface area (Å²) in [6, 6.07) is 0. The summed E-state index contributed by atoms with van der Waals surface area (Å²) < 4.78 is 4.46. The molecule has 0 aliphatic carbocycles. The van der Waals surface area contributed by atoms with E-state index in [1.54, 1.807) is 6.08 Å². The van der Waals surface area contributed by atoms with Crippen molar-refractivity contribution in [1.82, 2.24) is 0 Å². The van der Waals surface area contributed by atoms with Gasteiger partial charge in [-0.3, -0.25) is 4.79 Å². The number of esters is 1. The van der Waals surface area contributed by atoms with E-state index in [2.05, 4.69) is 4.74 Å². The van der Waals surface area contributed by atoms with Gasteiger partial charge in [0, 0.05) is 12.8 Å². The second-order valence-electron chi connectivity index (χ2n) is 2.34. The van der Waals surface area contributed by atoms with Gasteiger partial charge in [-0.15, -0.1) is 0 Å². The van der Waals surface area contributed by atoms with Crippen LogP contribution in [0.4, 0.5) is 0 Å². The Bertz CT molecular complexity index is 161. The maximum absolute atomic E-state index is 10.6. The number of carbonyl (C=O) groups is 2. The molecule has 0 aromatic rings. The van der Waals surface area contributed by atoms with Crippen LogP contribution in [0.25, 0.3) is 0 Å². The Morgan fingerprint density at radius 1 is 1.42 bits per heavy atom. The minimum Gasteiger partial charge on any atom is -0.469 e. The van der Waals surface area contributed by atoms with Gasteiger partial charge in [0.25, 0.3) is 0 Å². The smallest absolute Gasteiger partial charge is 0.305 e. The van der Waals surface area contributed by atoms with Gasteiger partial charge in [0.15, 0.2) is 0 Å². The quantitative estimate of drug-likeness (QED) is 0.262. The van der Waals surface area contributed by atoms with Crippen LogP contribution in [-0.4, -0.2) is 19.4 Å². The van der Waals surface area contributed by atoms with E-state index in [1.807, 2.05) is 6.08 Å². The lowest BCUT2D eigenvalue weighted by atomic mass is 10.2. The van der Waals surface area contributed by atoms with Crippen LogP contribution in [0.3, 0.4) is 0 Å². The minimum absolute atomic E-state index is 0.182. The van der Waals surface area contributed by atoms with Crippen LogP contribution >= 0.6 is 0 Å². The maximum Gasteiger partial charge on any atom is 0.305 e. The molecule has 0 aromatic carbocycles. The van der Waals surface area contributed by atoms with Crippen LogP contribution in [0.1, 0.15) is 25.7 Å². The van der Waals surface area contributed by atoms with Gasteiger partial charge in [-0.25, -0.2) is 0 Å². The molecule has 0 radical (unpaired) electrons. The molecule has 0 bridgehead atoms. The highest BCUT2D eigenvalue weighted by molar-refractivity contribution is 5.69. The van der Waals surface area contributed by atoms with Crippen LogP contribution in [-0.2, 0) is 14.3 Å². The van der Waals surface area contributed by atoms with Crippen LogP contribution in [0.2, 0.25) is 0 Å². The van der Waals surface area contributed by atoms with Crippen molar-refractivity contribution in [3.05, 3.63) is 12.2 Å². The molecule has 0 amide bonds. The fourth-order valence-electron chi connectivity index (χ4n) is 0.736. The first-order chi connectivity index (χ1) is 5.81. The van der Waals surface area contributed by atoms with Gasteiger partial charge in [-0.05, 0) is 12.8 Å². The highest BCUT2D eigenvalue weighted by Gasteiger charge is 1.96. The Morgan fingerprint density at radius 2 is 2.17 bits per heavy atom. The fourth-order valence-corrected chi connectivity index (χ4v) is 0.736. The number of methoxy groups -OCH3 is 1. The van der Waals surface area contributed by atoms with E-state index in [0.29, 0.717) is 12.8 Å². The summed E-state index contributed by atoms with van der Waals surface area (Å²) in [4.78, 5) is 20.5. The zero-order valence-corrected chi connectivity index (χ0v) is 7.29. The molecule has 0 rings (SSSR count). The average molecular weight is 170 g/mol. The second kappa shape index (κ2) is 7.98. The number of unbranched alkanes of at least 4 members (excludes halogenated alkanes) is 1. The standard InChI is InChI=1S/C9H14O3/c1-12-9(11)7-5-3-2-4-6-8-10/h2,4,8H,3,5-7H2,1H3/b4-2-. The van der Waals surface area contributed by atoms with Gasteiger partial charge in [0.1, 0.15) is 6.29 Å². The van der Waals surface area contributed by atoms with Gasteiger partial charge < -0.3 is 9.53 Å². The SMILES string of the molecule is COC(=O)CCC/C=C\CC=O. The summed E-state index contributed by atoms with van der Waals surface area (Å²) in [5.74, 6) is -0.182. The van der Waals surface area contributed by atoms with Gasteiger partial charge in [-0.1, -0.05) is 12.2 Å². The molecule has 0 saturated carbocycles. The monoisotopic (exact) mass is 170 g/mol. The van der Waals surface area contributed by atoms with Crippen molar-refractivity contribution in [2.24, 2.45) is 0 Å². The zero-order valence-electron chi connectivity index (χ0n) is 7.29. The number of rotatable bonds is 6. The van der Waals surface area contributed by atoms with E-state index in [9.17, 15) is 9.59 Å². The molecule has 12 heavy (non-hydrogen) atoms. The molecular formula is C9H14O3. The summed E-state index contributed by atoms with van der Waals surface area (Å²) in [5, 5.41) is 0. The molecule has 0 unspecified atom stereocenters. The van der Waals surface area contributed by atoms with E-state index in [-0.39, 0.29) is 5.97 Å². The molecule has 3 heteroatoms. The zero-order chi connectivity index (χ0) is 9.23. The van der Waals surface area contributed by atoms with E-state index < -0.39 is 0 Å². The lowest BCUT2D eigenvalue weighted by molar-refractivity contribution is -0.140. The molecule has 0 atom stereocenters. The highest BCUT2D eigenvalue weighted by atomic mass is 16.5. The molecule has 0 aliphatic rings. The van der Waals surface area contributed by atoms with Crippen LogP contribution in [0.15, 0.2) is 12.2 Å². The van der Waals surface area contributed by atoms with Crippen LogP contribution < -0.4 is 0 Å². The number of hydrogen-bond donors (Lipinski definition) is 0. The van der Waals surface area contributed by atoms with Crippen molar-refractivity contribution < 1.29 is 14.3 Å². The lowest BCUT2D eigenvalue weighted by Gasteiger charge is -1.94. The normalized spacial score (nSPS) is 10.1. The van der Waals surface area contributed by atoms with E-state index in [0.717, 1.165) is 19.1 Å². The summed E-state index contributed by atoms with van der Waals surface area (Å²) in [7, 11) is 1.38. The molecule has 0 saturated heterocycles. The van der Waals surface area contributed by atoms with Crippen LogP contribution in [0, 0.1) is 0 Å². The molecule has 0 N–H and O–H groups in total. The minimum atomic E-state index is -0.182. The van der Waals surface area contributed by atoms with Crippen molar-refractivity contribution in [3.8, 4) is 0 Å². The maximum atomic E-state index is 10.6. The Hall–Kier alpha value is -1.12. The third kappa shape index (κ3) is 6.99. The first kappa shape index (κ1) is 10.9. The lowest BCUT2D eigenvalue weighted by Crippen LogP contribution is -1.98. The number of aldehydes is 1. The predicted molar refractivity (Wildman–Crippen MR) is 45.7 cm³/mol. The number of hydrogen-bond acceptors (Lipinski definition) is 3. The Kier molecular flexibility index (Phi) is 7.24. The molecule has 3 nitrogen and oxygen atoms in total. The van der Waals surface area contributed by atoms with Crippen molar-refractivity contribution in [1.29, 1.82) is 0 Å². The van der Waals surface area contributed by atoms with E-state index in [1.165, 1.54) is 7.11 Å². The van der Waals surface area contributed by atoms with Gasteiger partial charge in [-0.2, -0.15) is 0 Å². The molecule has 0 aromatic heterocycles. The second-order valence-corrected chi connectivity index (χ2v) is 2.34. The van der Waals surface area contributed by atoms with E-state index in [4.69, 9.17) is 0 Å². The summed E-state index contributed by atoms with van der Waals surface area (Å²) in [6.45, 7) is 0. The first-order valence-corrected chi connectivity index (χ1v) is 3.96. The number of ether oxygens (including phenoxy) is 1. The summed E-state index contributed by atoms with van der Waals surface area (Å²) in [6.07, 6.45) is 7.05. The Labute approximate surface area is 72.4 Å². The highest BCUT2D eigenvalue weighted by Crippen LogP contribution is 1.98. The topological polar surface area (TPSA) is 43.4 Å². The molecule has 0 aliphatic heterocycles. The first-order valence-electron chi connectivity index (χ1n) is 3.96. The Morgan fingerprint density at radius 3 is 2.75 bits per heavy atom. The van der Waals surface area contributed by atoms with Crippen molar-refractivity contribution in [3.63, 3.8) is 0 Å². The molecule has 68 valence electrons. The van der Waals surface area contributed by atoms with E-state index >= 15 is 0 Å². The molecule has 0 fully saturated rings. The van der Waals surface area contributed by atoms with Gasteiger partial charge in [0.2, 0.25) is 0 Å². The van der Waals surface area contributed by atoms with Crippen molar-refractivity contribution in [2.75, 3.05) is 7.11 Å². The third-order valence-electron chi connectivity index (χ3n) is 1.38. The van der Waals surface area contributed by atoms with Crippen molar-refractivity contribution in [2.45, 2.75) is 25.7 Å². The number of allylic oxidation sites excluding steroid dienone is 2. The average Bonchev–Trinajstić information content (AvgIpc) is 2.10. The molecule has 0 heterocycles. The number of carbonyl (C=O) groups excluding carboxylic acids is 2.